The van der Waals surface area contributed by atoms with Crippen LogP contribution in [0.4, 0.5) is 0 Å². The van der Waals surface area contributed by atoms with E-state index in [0.29, 0.717) is 15.6 Å². The molecule has 4 N–H and O–H groups in total. The topological polar surface area (TPSA) is 107 Å². The molecule has 0 bridgehead atoms. The summed E-state index contributed by atoms with van der Waals surface area (Å²) in [6.45, 7) is 3.33. The summed E-state index contributed by atoms with van der Waals surface area (Å²) in [5, 5.41) is 32.1. The first-order valence-corrected chi connectivity index (χ1v) is 9.04. The predicted molar refractivity (Wildman–Crippen MR) is 107 cm³/mol. The van der Waals surface area contributed by atoms with E-state index in [1.54, 1.807) is 30.3 Å². The highest BCUT2D eigenvalue weighted by Crippen LogP contribution is 2.27. The van der Waals surface area contributed by atoms with Gasteiger partial charge in [-0.25, -0.2) is 4.79 Å². The normalized spacial score (nSPS) is 14.0. The van der Waals surface area contributed by atoms with Crippen LogP contribution in [0.5, 0.6) is 0 Å². The van der Waals surface area contributed by atoms with Gasteiger partial charge < -0.3 is 20.6 Å². The number of carboxylic acid groups (broad SMARTS) is 1. The summed E-state index contributed by atoms with van der Waals surface area (Å²) in [5.74, 6) is -2.18. The molecule has 0 saturated heterocycles. The average molecular weight is 424 g/mol. The van der Waals surface area contributed by atoms with E-state index in [0.717, 1.165) is 17.2 Å². The SMILES string of the molecule is C=CC(=O)N[C@@H](Cc1ccc(-c2cc(Cl)cc(Cl)c2)cc1)[C@@H](O)[C@H](O)C(=O)O. The Bertz CT molecular complexity index is 849. The van der Waals surface area contributed by atoms with Crippen molar-refractivity contribution in [3.63, 3.8) is 0 Å². The maximum atomic E-state index is 11.6. The third kappa shape index (κ3) is 5.81. The molecule has 6 nitrogen and oxygen atoms in total. The lowest BCUT2D eigenvalue weighted by atomic mass is 9.96. The van der Waals surface area contributed by atoms with Crippen LogP contribution in [-0.2, 0) is 16.0 Å². The Morgan fingerprint density at radius 2 is 1.61 bits per heavy atom. The first-order chi connectivity index (χ1) is 13.2. The fourth-order valence-electron chi connectivity index (χ4n) is 2.67. The Morgan fingerprint density at radius 3 is 2.11 bits per heavy atom. The van der Waals surface area contributed by atoms with Gasteiger partial charge in [-0.15, -0.1) is 0 Å². The third-order valence-corrected chi connectivity index (χ3v) is 4.54. The Morgan fingerprint density at radius 1 is 1.04 bits per heavy atom. The van der Waals surface area contributed by atoms with Crippen LogP contribution in [-0.4, -0.2) is 45.4 Å². The van der Waals surface area contributed by atoms with E-state index < -0.39 is 30.1 Å². The Hall–Kier alpha value is -2.38. The van der Waals surface area contributed by atoms with Crippen LogP contribution in [0.25, 0.3) is 11.1 Å². The number of carbonyl (C=O) groups excluding carboxylic acids is 1. The largest absolute Gasteiger partial charge is 0.479 e. The monoisotopic (exact) mass is 423 g/mol. The van der Waals surface area contributed by atoms with Crippen molar-refractivity contribution in [3.05, 3.63) is 70.7 Å². The molecule has 0 radical (unpaired) electrons. The fraction of sp³-hybridized carbons (Fsp3) is 0.200. The van der Waals surface area contributed by atoms with E-state index in [2.05, 4.69) is 11.9 Å². The van der Waals surface area contributed by atoms with Crippen molar-refractivity contribution in [3.8, 4) is 11.1 Å². The zero-order valence-corrected chi connectivity index (χ0v) is 16.2. The predicted octanol–water partition coefficient (Wildman–Crippen LogP) is 2.68. The van der Waals surface area contributed by atoms with Crippen LogP contribution in [0.15, 0.2) is 55.1 Å². The van der Waals surface area contributed by atoms with Crippen LogP contribution in [0.3, 0.4) is 0 Å². The highest BCUT2D eigenvalue weighted by molar-refractivity contribution is 6.35. The summed E-state index contributed by atoms with van der Waals surface area (Å²) < 4.78 is 0. The van der Waals surface area contributed by atoms with Crippen molar-refractivity contribution in [1.82, 2.24) is 5.32 Å². The number of aliphatic carboxylic acids is 1. The molecule has 1 amide bonds. The number of nitrogens with one attached hydrogen (secondary N) is 1. The lowest BCUT2D eigenvalue weighted by Crippen LogP contribution is -2.51. The zero-order valence-electron chi connectivity index (χ0n) is 14.7. The molecular weight excluding hydrogens is 405 g/mol. The smallest absolute Gasteiger partial charge is 0.335 e. The van der Waals surface area contributed by atoms with Gasteiger partial charge in [-0.05, 0) is 47.4 Å². The first-order valence-electron chi connectivity index (χ1n) is 8.28. The molecule has 0 unspecified atom stereocenters. The first kappa shape index (κ1) is 21.9. The molecule has 0 aromatic heterocycles. The minimum absolute atomic E-state index is 0.0989. The van der Waals surface area contributed by atoms with Crippen molar-refractivity contribution in [2.75, 3.05) is 0 Å². The second-order valence-corrected chi connectivity index (χ2v) is 7.02. The summed E-state index contributed by atoms with van der Waals surface area (Å²) >= 11 is 12.0. The minimum atomic E-state index is -2.04. The van der Waals surface area contributed by atoms with Gasteiger partial charge >= 0.3 is 5.97 Å². The number of halogens is 2. The molecule has 0 spiro atoms. The molecular formula is C20H19Cl2NO5. The minimum Gasteiger partial charge on any atom is -0.479 e. The van der Waals surface area contributed by atoms with Gasteiger partial charge in [0.05, 0.1) is 6.04 Å². The quantitative estimate of drug-likeness (QED) is 0.488. The van der Waals surface area contributed by atoms with E-state index in [-0.39, 0.29) is 6.42 Å². The van der Waals surface area contributed by atoms with E-state index >= 15 is 0 Å². The van der Waals surface area contributed by atoms with E-state index in [4.69, 9.17) is 28.3 Å². The Kier molecular flexibility index (Phi) is 7.60. The number of aliphatic hydroxyl groups excluding tert-OH is 2. The fourth-order valence-corrected chi connectivity index (χ4v) is 3.20. The zero-order chi connectivity index (χ0) is 20.8. The number of hydrogen-bond acceptors (Lipinski definition) is 4. The third-order valence-electron chi connectivity index (χ3n) is 4.11. The molecule has 148 valence electrons. The summed E-state index contributed by atoms with van der Waals surface area (Å²) in [4.78, 5) is 22.6. The van der Waals surface area contributed by atoms with Gasteiger partial charge in [0, 0.05) is 10.0 Å². The van der Waals surface area contributed by atoms with Crippen molar-refractivity contribution in [2.24, 2.45) is 0 Å². The van der Waals surface area contributed by atoms with Crippen molar-refractivity contribution in [1.29, 1.82) is 0 Å². The summed E-state index contributed by atoms with van der Waals surface area (Å²) in [6, 6.07) is 11.3. The van der Waals surface area contributed by atoms with Gasteiger partial charge in [0.1, 0.15) is 6.10 Å². The molecule has 2 aromatic rings. The average Bonchev–Trinajstić information content (AvgIpc) is 2.65. The van der Waals surface area contributed by atoms with Crippen LogP contribution >= 0.6 is 23.2 Å². The highest BCUT2D eigenvalue weighted by Gasteiger charge is 2.32. The molecule has 0 heterocycles. The Balaban J connectivity index is 2.22. The van der Waals surface area contributed by atoms with Crippen molar-refractivity contribution in [2.45, 2.75) is 24.7 Å². The number of benzene rings is 2. The second kappa shape index (κ2) is 9.71. The number of aliphatic hydroxyl groups is 2. The molecule has 0 aliphatic carbocycles. The van der Waals surface area contributed by atoms with Gasteiger partial charge in [0.25, 0.3) is 0 Å². The number of hydrogen-bond donors (Lipinski definition) is 4. The Labute approximate surface area is 172 Å². The summed E-state index contributed by atoms with van der Waals surface area (Å²) in [6.07, 6.45) is -2.64. The van der Waals surface area contributed by atoms with Crippen LogP contribution in [0.2, 0.25) is 10.0 Å². The van der Waals surface area contributed by atoms with Crippen LogP contribution in [0.1, 0.15) is 5.56 Å². The van der Waals surface area contributed by atoms with Gasteiger partial charge in [0.2, 0.25) is 5.91 Å². The van der Waals surface area contributed by atoms with E-state index in [1.807, 2.05) is 12.1 Å². The number of carboxylic acids is 1. The molecule has 0 saturated carbocycles. The number of carbonyl (C=O) groups is 2. The maximum Gasteiger partial charge on any atom is 0.335 e. The summed E-state index contributed by atoms with van der Waals surface area (Å²) in [7, 11) is 0. The van der Waals surface area contributed by atoms with E-state index in [9.17, 15) is 19.8 Å². The molecule has 0 fully saturated rings. The molecule has 2 rings (SSSR count). The number of rotatable bonds is 8. The molecule has 2 aromatic carbocycles. The van der Waals surface area contributed by atoms with Gasteiger partial charge in [-0.2, -0.15) is 0 Å². The molecule has 28 heavy (non-hydrogen) atoms. The van der Waals surface area contributed by atoms with Crippen LogP contribution in [0, 0.1) is 0 Å². The number of amides is 1. The van der Waals surface area contributed by atoms with Crippen molar-refractivity contribution < 1.29 is 24.9 Å². The molecule has 0 aliphatic rings. The molecule has 8 heteroatoms. The lowest BCUT2D eigenvalue weighted by molar-refractivity contribution is -0.154. The maximum absolute atomic E-state index is 11.6. The lowest BCUT2D eigenvalue weighted by Gasteiger charge is -2.25. The molecule has 3 atom stereocenters. The highest BCUT2D eigenvalue weighted by atomic mass is 35.5. The van der Waals surface area contributed by atoms with Gasteiger partial charge in [0.15, 0.2) is 6.10 Å². The van der Waals surface area contributed by atoms with Gasteiger partial charge in [-0.1, -0.05) is 54.0 Å². The standard InChI is InChI=1S/C20H19Cl2NO5/c1-2-17(24)23-16(18(25)19(26)20(27)28)7-11-3-5-12(6-4-11)13-8-14(21)10-15(22)9-13/h2-6,8-10,16,18-19,25-26H,1,7H2,(H,23,24)(H,27,28)/t16-,18+,19-/m0/s1. The van der Waals surface area contributed by atoms with E-state index in [1.165, 1.54) is 0 Å². The molecule has 0 aliphatic heterocycles. The summed E-state index contributed by atoms with van der Waals surface area (Å²) in [5.41, 5.74) is 2.38. The van der Waals surface area contributed by atoms with Gasteiger partial charge in [-0.3, -0.25) is 4.79 Å². The van der Waals surface area contributed by atoms with Crippen molar-refractivity contribution >= 4 is 35.1 Å². The van der Waals surface area contributed by atoms with Crippen LogP contribution < -0.4 is 5.32 Å². The second-order valence-electron chi connectivity index (χ2n) is 6.15.